The van der Waals surface area contributed by atoms with Crippen LogP contribution in [0.3, 0.4) is 0 Å². The monoisotopic (exact) mass is 503 g/mol. The zero-order chi connectivity index (χ0) is 24.9. The minimum absolute atomic E-state index is 0.0728. The summed E-state index contributed by atoms with van der Waals surface area (Å²) in [6.45, 7) is 0.476. The molecule has 0 saturated carbocycles. The summed E-state index contributed by atoms with van der Waals surface area (Å²) >= 11 is 6.02. The van der Waals surface area contributed by atoms with Gasteiger partial charge in [-0.15, -0.1) is 0 Å². The van der Waals surface area contributed by atoms with Crippen LogP contribution in [0.25, 0.3) is 22.2 Å². The quantitative estimate of drug-likeness (QED) is 0.392. The molecule has 1 saturated heterocycles. The van der Waals surface area contributed by atoms with E-state index in [9.17, 15) is 18.0 Å². The lowest BCUT2D eigenvalue weighted by Crippen LogP contribution is -2.28. The highest BCUT2D eigenvalue weighted by molar-refractivity contribution is 6.30. The average Bonchev–Trinajstić information content (AvgIpc) is 3.27. The van der Waals surface area contributed by atoms with Gasteiger partial charge < -0.3 is 4.74 Å². The smallest absolute Gasteiger partial charge is 0.373 e. The molecular weight excluding hydrogens is 483 g/mol. The molecule has 2 atom stereocenters. The Morgan fingerprint density at radius 2 is 1.89 bits per heavy atom. The van der Waals surface area contributed by atoms with Crippen molar-refractivity contribution in [1.29, 1.82) is 0 Å². The van der Waals surface area contributed by atoms with E-state index in [0.717, 1.165) is 12.6 Å². The summed E-state index contributed by atoms with van der Waals surface area (Å²) in [5.74, 6) is -1.35. The van der Waals surface area contributed by atoms with Crippen molar-refractivity contribution in [3.05, 3.63) is 75.2 Å². The van der Waals surface area contributed by atoms with Crippen LogP contribution >= 0.6 is 11.6 Å². The topological polar surface area (TPSA) is 74.8 Å². The molecule has 1 fully saturated rings. The third kappa shape index (κ3) is 4.43. The van der Waals surface area contributed by atoms with Gasteiger partial charge >= 0.3 is 6.18 Å². The number of aromatic nitrogens is 5. The summed E-state index contributed by atoms with van der Waals surface area (Å²) in [4.78, 5) is 21.7. The number of alkyl halides is 3. The molecule has 1 aliphatic rings. The highest BCUT2D eigenvalue weighted by Crippen LogP contribution is 2.39. The lowest BCUT2D eigenvalue weighted by molar-refractivity contribution is -0.147. The first-order chi connectivity index (χ1) is 16.6. The Kier molecular flexibility index (Phi) is 5.88. The Balaban J connectivity index is 1.68. The van der Waals surface area contributed by atoms with Gasteiger partial charge in [-0.3, -0.25) is 19.0 Å². The molecule has 0 unspecified atom stereocenters. The van der Waals surface area contributed by atoms with Gasteiger partial charge in [-0.1, -0.05) is 23.7 Å². The third-order valence-electron chi connectivity index (χ3n) is 6.25. The molecular formula is C24H21ClF3N5O2. The van der Waals surface area contributed by atoms with Crippen molar-refractivity contribution in [2.24, 2.45) is 14.1 Å². The Morgan fingerprint density at radius 3 is 2.54 bits per heavy atom. The minimum Gasteiger partial charge on any atom is -0.373 e. The maximum Gasteiger partial charge on any atom is 0.449 e. The maximum atomic E-state index is 13.6. The molecule has 0 aliphatic carbocycles. The van der Waals surface area contributed by atoms with Crippen LogP contribution in [-0.4, -0.2) is 30.9 Å². The molecule has 1 aromatic carbocycles. The summed E-state index contributed by atoms with van der Waals surface area (Å²) in [5.41, 5.74) is 1.40. The zero-order valence-electron chi connectivity index (χ0n) is 18.9. The summed E-state index contributed by atoms with van der Waals surface area (Å²) in [5, 5.41) is 4.76. The number of fused-ring (bicyclic) bond motifs is 1. The fourth-order valence-electron chi connectivity index (χ4n) is 4.47. The second-order valence-electron chi connectivity index (χ2n) is 8.62. The summed E-state index contributed by atoms with van der Waals surface area (Å²) in [6.07, 6.45) is -0.109. The van der Waals surface area contributed by atoms with Crippen LogP contribution in [0.1, 0.15) is 41.9 Å². The number of benzene rings is 1. The Bertz CT molecular complexity index is 1460. The predicted molar refractivity (Wildman–Crippen MR) is 124 cm³/mol. The van der Waals surface area contributed by atoms with E-state index in [2.05, 4.69) is 10.1 Å². The highest BCUT2D eigenvalue weighted by Gasteiger charge is 2.37. The number of halogens is 4. The average molecular weight is 504 g/mol. The molecule has 0 N–H and O–H groups in total. The van der Waals surface area contributed by atoms with Gasteiger partial charge in [0.15, 0.2) is 0 Å². The predicted octanol–water partition coefficient (Wildman–Crippen LogP) is 5.04. The second kappa shape index (κ2) is 8.76. The normalized spacial score (nSPS) is 18.8. The van der Waals surface area contributed by atoms with Gasteiger partial charge in [0, 0.05) is 54.7 Å². The lowest BCUT2D eigenvalue weighted by atomic mass is 9.89. The molecule has 182 valence electrons. The lowest BCUT2D eigenvalue weighted by Gasteiger charge is -2.29. The first-order valence-electron chi connectivity index (χ1n) is 11.0. The van der Waals surface area contributed by atoms with E-state index in [0.29, 0.717) is 40.3 Å². The van der Waals surface area contributed by atoms with Crippen LogP contribution in [-0.2, 0) is 25.0 Å². The Labute approximate surface area is 203 Å². The Hall–Kier alpha value is -3.24. The van der Waals surface area contributed by atoms with Gasteiger partial charge in [-0.2, -0.15) is 18.3 Å². The number of aryl methyl sites for hydroxylation is 1. The highest BCUT2D eigenvalue weighted by atomic mass is 35.5. The van der Waals surface area contributed by atoms with Crippen molar-refractivity contribution >= 4 is 22.5 Å². The van der Waals surface area contributed by atoms with Gasteiger partial charge in [0.1, 0.15) is 5.52 Å². The van der Waals surface area contributed by atoms with Crippen molar-refractivity contribution in [2.75, 3.05) is 6.61 Å². The molecule has 5 rings (SSSR count). The van der Waals surface area contributed by atoms with E-state index >= 15 is 0 Å². The van der Waals surface area contributed by atoms with Crippen molar-refractivity contribution in [2.45, 2.75) is 31.0 Å². The van der Waals surface area contributed by atoms with E-state index in [1.165, 1.54) is 0 Å². The second-order valence-corrected chi connectivity index (χ2v) is 9.06. The van der Waals surface area contributed by atoms with Gasteiger partial charge in [-0.25, -0.2) is 4.98 Å². The van der Waals surface area contributed by atoms with Crippen molar-refractivity contribution in [3.63, 3.8) is 0 Å². The number of ether oxygens (including phenoxy) is 1. The standard InChI is InChI=1S/C24H21ClF3N5O2/c1-32-12-15(11-29-32)19-9-14(7-8-35-19)18-10-17-21(20(30-18)13-3-5-16(25)6-4-13)31-23(24(26,27)28)33(2)22(17)34/h3-6,10-12,14,19H,7-9H2,1-2H3/t14-,19+/m1/s1. The van der Waals surface area contributed by atoms with E-state index in [1.54, 1.807) is 41.2 Å². The molecule has 35 heavy (non-hydrogen) atoms. The van der Waals surface area contributed by atoms with Crippen LogP contribution in [0.15, 0.2) is 47.5 Å². The minimum atomic E-state index is -4.80. The van der Waals surface area contributed by atoms with Crippen molar-refractivity contribution < 1.29 is 17.9 Å². The van der Waals surface area contributed by atoms with E-state index in [1.807, 2.05) is 13.2 Å². The molecule has 4 aromatic rings. The van der Waals surface area contributed by atoms with Crippen molar-refractivity contribution in [3.8, 4) is 11.3 Å². The van der Waals surface area contributed by atoms with Crippen LogP contribution < -0.4 is 5.56 Å². The van der Waals surface area contributed by atoms with Crippen LogP contribution in [0.4, 0.5) is 13.2 Å². The first-order valence-corrected chi connectivity index (χ1v) is 11.3. The Morgan fingerprint density at radius 1 is 1.14 bits per heavy atom. The van der Waals surface area contributed by atoms with Crippen LogP contribution in [0, 0.1) is 0 Å². The largest absolute Gasteiger partial charge is 0.449 e. The zero-order valence-corrected chi connectivity index (χ0v) is 19.6. The molecule has 0 spiro atoms. The number of rotatable bonds is 3. The molecule has 1 aliphatic heterocycles. The van der Waals surface area contributed by atoms with Crippen molar-refractivity contribution in [1.82, 2.24) is 24.3 Å². The summed E-state index contributed by atoms with van der Waals surface area (Å²) < 4.78 is 49.1. The fraction of sp³-hybridized carbons (Fsp3) is 0.333. The number of hydrogen-bond acceptors (Lipinski definition) is 5. The van der Waals surface area contributed by atoms with Gasteiger partial charge in [0.25, 0.3) is 5.56 Å². The van der Waals surface area contributed by atoms with Gasteiger partial charge in [0.05, 0.1) is 23.4 Å². The molecule has 7 nitrogen and oxygen atoms in total. The van der Waals surface area contributed by atoms with E-state index in [-0.39, 0.29) is 28.6 Å². The fourth-order valence-corrected chi connectivity index (χ4v) is 4.59. The SMILES string of the molecule is Cn1cc([C@@H]2C[C@H](c3cc4c(=O)n(C)c(C(F)(F)F)nc4c(-c4ccc(Cl)cc4)n3)CCO2)cn1. The molecule has 0 amide bonds. The first kappa shape index (κ1) is 23.5. The van der Waals surface area contributed by atoms with Gasteiger partial charge in [0.2, 0.25) is 5.82 Å². The molecule has 11 heteroatoms. The number of pyridine rings is 1. The maximum absolute atomic E-state index is 13.6. The number of hydrogen-bond donors (Lipinski definition) is 0. The summed E-state index contributed by atoms with van der Waals surface area (Å²) in [7, 11) is 2.90. The third-order valence-corrected chi connectivity index (χ3v) is 6.51. The molecule has 3 aromatic heterocycles. The van der Waals surface area contributed by atoms with Crippen LogP contribution in [0.5, 0.6) is 0 Å². The molecule has 0 bridgehead atoms. The molecule has 4 heterocycles. The van der Waals surface area contributed by atoms with E-state index < -0.39 is 17.6 Å². The number of nitrogens with zero attached hydrogens (tertiary/aromatic N) is 5. The summed E-state index contributed by atoms with van der Waals surface area (Å²) in [6, 6.07) is 8.12. The van der Waals surface area contributed by atoms with Gasteiger partial charge in [-0.05, 0) is 31.0 Å². The van der Waals surface area contributed by atoms with Crippen LogP contribution in [0.2, 0.25) is 5.02 Å². The van der Waals surface area contributed by atoms with E-state index in [4.69, 9.17) is 21.3 Å². The molecule has 0 radical (unpaired) electrons.